The van der Waals surface area contributed by atoms with E-state index in [-0.39, 0.29) is 11.4 Å². The molecule has 2 heterocycles. The Kier molecular flexibility index (Phi) is 4.81. The molecule has 0 saturated carbocycles. The van der Waals surface area contributed by atoms with Crippen LogP contribution >= 0.6 is 0 Å². The predicted molar refractivity (Wildman–Crippen MR) is 109 cm³/mol. The molecule has 2 aromatic heterocycles. The van der Waals surface area contributed by atoms with E-state index in [9.17, 15) is 13.2 Å². The van der Waals surface area contributed by atoms with E-state index in [0.29, 0.717) is 11.0 Å². The van der Waals surface area contributed by atoms with Crippen molar-refractivity contribution in [1.82, 2.24) is 14.1 Å². The molecular weight excluding hydrogens is 390 g/mol. The number of hydrogen-bond acceptors (Lipinski definition) is 5. The summed E-state index contributed by atoms with van der Waals surface area (Å²) in [7, 11) is -2.20. The van der Waals surface area contributed by atoms with Gasteiger partial charge in [0.05, 0.1) is 16.8 Å². The number of fused-ring (bicyclic) bond motifs is 1. The Hall–Kier alpha value is -3.23. The molecule has 7 nitrogen and oxygen atoms in total. The molecule has 4 rings (SSSR count). The smallest absolute Gasteiger partial charge is 0.336 e. The lowest BCUT2D eigenvalue weighted by molar-refractivity contribution is 0.466. The van der Waals surface area contributed by atoms with Crippen molar-refractivity contribution in [3.05, 3.63) is 88.5 Å². The second kappa shape index (κ2) is 7.31. The fourth-order valence-electron chi connectivity index (χ4n) is 3.13. The molecule has 0 N–H and O–H groups in total. The van der Waals surface area contributed by atoms with Gasteiger partial charge in [0, 0.05) is 36.8 Å². The van der Waals surface area contributed by atoms with Crippen molar-refractivity contribution in [3.63, 3.8) is 0 Å². The molecule has 0 radical (unpaired) electrons. The van der Waals surface area contributed by atoms with Crippen LogP contribution in [0.15, 0.2) is 81.1 Å². The first-order chi connectivity index (χ1) is 13.8. The van der Waals surface area contributed by atoms with Crippen molar-refractivity contribution in [3.8, 4) is 5.69 Å². The molecule has 0 unspecified atom stereocenters. The molecule has 0 aliphatic heterocycles. The van der Waals surface area contributed by atoms with Crippen molar-refractivity contribution in [2.75, 3.05) is 7.05 Å². The molecule has 0 saturated heterocycles. The van der Waals surface area contributed by atoms with Crippen LogP contribution in [0, 0.1) is 6.92 Å². The summed E-state index contributed by atoms with van der Waals surface area (Å²) < 4.78 is 34.0. The van der Waals surface area contributed by atoms with Gasteiger partial charge in [-0.05, 0) is 42.8 Å². The zero-order valence-electron chi connectivity index (χ0n) is 15.9. The standard InChI is InChI=1S/C21H19N3O4S/c1-15-5-3-4-6-19(15)24-14-16(12-22-24)13-23(2)29(26,27)18-8-9-20-17(11-18)7-10-21(25)28-20/h3-12,14H,13H2,1-2H3. The topological polar surface area (TPSA) is 85.4 Å². The van der Waals surface area contributed by atoms with Gasteiger partial charge < -0.3 is 4.42 Å². The van der Waals surface area contributed by atoms with Crippen molar-refractivity contribution < 1.29 is 12.8 Å². The fraction of sp³-hybridized carbons (Fsp3) is 0.143. The molecular formula is C21H19N3O4S. The number of para-hydroxylation sites is 1. The number of benzene rings is 2. The minimum atomic E-state index is -3.73. The van der Waals surface area contributed by atoms with Gasteiger partial charge >= 0.3 is 5.63 Å². The molecule has 29 heavy (non-hydrogen) atoms. The highest BCUT2D eigenvalue weighted by atomic mass is 32.2. The van der Waals surface area contributed by atoms with Crippen LogP contribution in [0.3, 0.4) is 0 Å². The summed E-state index contributed by atoms with van der Waals surface area (Å²) in [6, 6.07) is 15.1. The molecule has 0 aliphatic rings. The van der Waals surface area contributed by atoms with E-state index >= 15 is 0 Å². The van der Waals surface area contributed by atoms with Gasteiger partial charge in [-0.15, -0.1) is 0 Å². The first-order valence-electron chi connectivity index (χ1n) is 8.94. The zero-order chi connectivity index (χ0) is 20.6. The third-order valence-corrected chi connectivity index (χ3v) is 6.50. The molecule has 2 aromatic carbocycles. The Morgan fingerprint density at radius 1 is 1.10 bits per heavy atom. The summed E-state index contributed by atoms with van der Waals surface area (Å²) in [5.41, 5.74) is 2.66. The third-order valence-electron chi connectivity index (χ3n) is 4.70. The van der Waals surface area contributed by atoms with Gasteiger partial charge in [-0.1, -0.05) is 18.2 Å². The molecule has 0 amide bonds. The molecule has 0 aliphatic carbocycles. The Bertz CT molecular complexity index is 1360. The second-order valence-corrected chi connectivity index (χ2v) is 8.84. The highest BCUT2D eigenvalue weighted by molar-refractivity contribution is 7.89. The van der Waals surface area contributed by atoms with Crippen molar-refractivity contribution in [2.24, 2.45) is 0 Å². The van der Waals surface area contributed by atoms with Gasteiger partial charge in [0.15, 0.2) is 0 Å². The summed E-state index contributed by atoms with van der Waals surface area (Å²) in [6.45, 7) is 2.17. The molecule has 0 atom stereocenters. The van der Waals surface area contributed by atoms with E-state index in [1.165, 1.54) is 35.6 Å². The van der Waals surface area contributed by atoms with Gasteiger partial charge in [0.1, 0.15) is 5.58 Å². The predicted octanol–water partition coefficient (Wildman–Crippen LogP) is 3.11. The lowest BCUT2D eigenvalue weighted by atomic mass is 10.2. The monoisotopic (exact) mass is 409 g/mol. The van der Waals surface area contributed by atoms with Crippen LogP contribution in [0.25, 0.3) is 16.7 Å². The molecule has 0 fully saturated rings. The first kappa shape index (κ1) is 19.1. The van der Waals surface area contributed by atoms with Crippen LogP contribution in [-0.4, -0.2) is 29.6 Å². The van der Waals surface area contributed by atoms with Crippen molar-refractivity contribution in [2.45, 2.75) is 18.4 Å². The van der Waals surface area contributed by atoms with Crippen LogP contribution < -0.4 is 5.63 Å². The number of sulfonamides is 1. The third kappa shape index (κ3) is 3.72. The summed E-state index contributed by atoms with van der Waals surface area (Å²) in [5.74, 6) is 0. The minimum Gasteiger partial charge on any atom is -0.423 e. The largest absolute Gasteiger partial charge is 0.423 e. The SMILES string of the molecule is Cc1ccccc1-n1cc(CN(C)S(=O)(=O)c2ccc3oc(=O)ccc3c2)cn1. The van der Waals surface area contributed by atoms with Gasteiger partial charge in [0.2, 0.25) is 10.0 Å². The summed E-state index contributed by atoms with van der Waals surface area (Å²) in [5, 5.41) is 4.91. The molecule has 4 aromatic rings. The van der Waals surface area contributed by atoms with Gasteiger partial charge in [-0.25, -0.2) is 17.9 Å². The quantitative estimate of drug-likeness (QED) is 0.473. The summed E-state index contributed by atoms with van der Waals surface area (Å²) in [6.07, 6.45) is 3.48. The van der Waals surface area contributed by atoms with E-state index in [2.05, 4.69) is 5.10 Å². The first-order valence-corrected chi connectivity index (χ1v) is 10.4. The number of hydrogen-bond donors (Lipinski definition) is 0. The highest BCUT2D eigenvalue weighted by Gasteiger charge is 2.22. The highest BCUT2D eigenvalue weighted by Crippen LogP contribution is 2.22. The van der Waals surface area contributed by atoms with E-state index in [0.717, 1.165) is 16.8 Å². The average Bonchev–Trinajstić information content (AvgIpc) is 3.16. The number of aryl methyl sites for hydroxylation is 1. The maximum absolute atomic E-state index is 13.0. The maximum atomic E-state index is 13.0. The van der Waals surface area contributed by atoms with Crippen molar-refractivity contribution >= 4 is 21.0 Å². The number of aromatic nitrogens is 2. The Morgan fingerprint density at radius 3 is 2.69 bits per heavy atom. The summed E-state index contributed by atoms with van der Waals surface area (Å²) in [4.78, 5) is 11.4. The fourth-order valence-corrected chi connectivity index (χ4v) is 4.32. The van der Waals surface area contributed by atoms with E-state index in [4.69, 9.17) is 4.42 Å². The van der Waals surface area contributed by atoms with Crippen molar-refractivity contribution in [1.29, 1.82) is 0 Å². The zero-order valence-corrected chi connectivity index (χ0v) is 16.8. The Balaban J connectivity index is 1.59. The van der Waals surface area contributed by atoms with Gasteiger partial charge in [0.25, 0.3) is 0 Å². The van der Waals surface area contributed by atoms with Crippen LogP contribution in [0.2, 0.25) is 0 Å². The van der Waals surface area contributed by atoms with Gasteiger partial charge in [-0.3, -0.25) is 0 Å². The van der Waals surface area contributed by atoms with Crippen LogP contribution in [-0.2, 0) is 16.6 Å². The van der Waals surface area contributed by atoms with E-state index < -0.39 is 15.6 Å². The summed E-state index contributed by atoms with van der Waals surface area (Å²) >= 11 is 0. The Labute approximate surface area is 167 Å². The van der Waals surface area contributed by atoms with E-state index in [1.807, 2.05) is 37.4 Å². The van der Waals surface area contributed by atoms with Crippen LogP contribution in [0.4, 0.5) is 0 Å². The normalized spacial score (nSPS) is 12.0. The molecule has 148 valence electrons. The van der Waals surface area contributed by atoms with Crippen LogP contribution in [0.5, 0.6) is 0 Å². The number of rotatable bonds is 5. The van der Waals surface area contributed by atoms with E-state index in [1.54, 1.807) is 16.9 Å². The maximum Gasteiger partial charge on any atom is 0.336 e. The Morgan fingerprint density at radius 2 is 1.90 bits per heavy atom. The average molecular weight is 409 g/mol. The molecule has 0 spiro atoms. The lowest BCUT2D eigenvalue weighted by Gasteiger charge is -2.16. The molecule has 8 heteroatoms. The molecule has 0 bridgehead atoms. The van der Waals surface area contributed by atoms with Gasteiger partial charge in [-0.2, -0.15) is 9.40 Å². The van der Waals surface area contributed by atoms with Crippen LogP contribution in [0.1, 0.15) is 11.1 Å². The minimum absolute atomic E-state index is 0.132. The second-order valence-electron chi connectivity index (χ2n) is 6.79. The lowest BCUT2D eigenvalue weighted by Crippen LogP contribution is -2.26. The number of nitrogens with zero attached hydrogens (tertiary/aromatic N) is 3.